The highest BCUT2D eigenvalue weighted by molar-refractivity contribution is 6.05. The summed E-state index contributed by atoms with van der Waals surface area (Å²) >= 11 is 0. The van der Waals surface area contributed by atoms with Gasteiger partial charge in [0.15, 0.2) is 0 Å². The van der Waals surface area contributed by atoms with Crippen LogP contribution in [0, 0.1) is 18.8 Å². The summed E-state index contributed by atoms with van der Waals surface area (Å²) in [6.45, 7) is 2.69. The Balaban J connectivity index is 1.57. The Hall–Kier alpha value is -2.10. The number of rotatable bonds is 4. The van der Waals surface area contributed by atoms with Gasteiger partial charge in [-0.3, -0.25) is 14.5 Å². The van der Waals surface area contributed by atoms with Gasteiger partial charge >= 0.3 is 0 Å². The smallest absolute Gasteiger partial charge is 0.233 e. The number of fused-ring (bicyclic) bond motifs is 1. The first-order chi connectivity index (χ1) is 10.2. The van der Waals surface area contributed by atoms with Gasteiger partial charge in [0.05, 0.1) is 18.4 Å². The van der Waals surface area contributed by atoms with E-state index in [0.29, 0.717) is 26.0 Å². The lowest BCUT2D eigenvalue weighted by Crippen LogP contribution is -2.34. The molecule has 1 aliphatic carbocycles. The van der Waals surface area contributed by atoms with Gasteiger partial charge in [0.2, 0.25) is 11.8 Å². The van der Waals surface area contributed by atoms with E-state index in [-0.39, 0.29) is 23.7 Å². The third-order valence-corrected chi connectivity index (χ3v) is 4.20. The molecule has 2 amide bonds. The molecular weight excluding hydrogens is 266 g/mol. The van der Waals surface area contributed by atoms with Gasteiger partial charge in [-0.2, -0.15) is 0 Å². The molecule has 0 unspecified atom stereocenters. The van der Waals surface area contributed by atoms with Crippen molar-refractivity contribution in [3.63, 3.8) is 0 Å². The molecule has 0 radical (unpaired) electrons. The van der Waals surface area contributed by atoms with Gasteiger partial charge in [0, 0.05) is 0 Å². The van der Waals surface area contributed by atoms with Crippen LogP contribution < -0.4 is 4.74 Å². The van der Waals surface area contributed by atoms with Gasteiger partial charge in [0.25, 0.3) is 0 Å². The summed E-state index contributed by atoms with van der Waals surface area (Å²) in [6.07, 6.45) is 5.37. The van der Waals surface area contributed by atoms with Crippen LogP contribution in [0.4, 0.5) is 0 Å². The van der Waals surface area contributed by atoms with E-state index in [9.17, 15) is 9.59 Å². The van der Waals surface area contributed by atoms with Crippen LogP contribution in [0.15, 0.2) is 36.4 Å². The lowest BCUT2D eigenvalue weighted by molar-refractivity contribution is -0.140. The summed E-state index contributed by atoms with van der Waals surface area (Å²) < 4.78 is 5.61. The third-order valence-electron chi connectivity index (χ3n) is 4.20. The first kappa shape index (κ1) is 13.9. The molecule has 3 rings (SSSR count). The number of benzene rings is 1. The van der Waals surface area contributed by atoms with Crippen LogP contribution in [0.5, 0.6) is 5.75 Å². The molecular formula is C17H19NO3. The van der Waals surface area contributed by atoms with Crippen LogP contribution in [0.1, 0.15) is 18.4 Å². The number of imide groups is 1. The molecule has 0 saturated carbocycles. The maximum atomic E-state index is 12.3. The van der Waals surface area contributed by atoms with Gasteiger partial charge in [0.1, 0.15) is 12.4 Å². The molecule has 0 bridgehead atoms. The second kappa shape index (κ2) is 5.72. The maximum Gasteiger partial charge on any atom is 0.233 e. The zero-order valence-electron chi connectivity index (χ0n) is 12.1. The van der Waals surface area contributed by atoms with E-state index in [2.05, 4.69) is 0 Å². The van der Waals surface area contributed by atoms with E-state index in [4.69, 9.17) is 4.74 Å². The average molecular weight is 285 g/mol. The lowest BCUT2D eigenvalue weighted by Gasteiger charge is -2.15. The van der Waals surface area contributed by atoms with Crippen molar-refractivity contribution >= 4 is 11.8 Å². The molecule has 110 valence electrons. The number of ether oxygens (including phenoxy) is 1. The number of likely N-dealkylation sites (tertiary alicyclic amines) is 1. The molecule has 1 heterocycles. The normalized spacial score (nSPS) is 24.3. The first-order valence-electron chi connectivity index (χ1n) is 7.36. The number of hydrogen-bond donors (Lipinski definition) is 0. The molecule has 0 N–H and O–H groups in total. The van der Waals surface area contributed by atoms with Crippen molar-refractivity contribution in [1.29, 1.82) is 0 Å². The second-order valence-corrected chi connectivity index (χ2v) is 5.65. The summed E-state index contributed by atoms with van der Waals surface area (Å²) in [5.74, 6) is 0.381. The van der Waals surface area contributed by atoms with Gasteiger partial charge in [-0.05, 0) is 31.9 Å². The van der Waals surface area contributed by atoms with E-state index >= 15 is 0 Å². The summed E-state index contributed by atoms with van der Waals surface area (Å²) in [5, 5.41) is 0. The first-order valence-corrected chi connectivity index (χ1v) is 7.36. The Kier molecular flexibility index (Phi) is 3.78. The van der Waals surface area contributed by atoms with Crippen molar-refractivity contribution in [3.8, 4) is 5.75 Å². The molecule has 4 heteroatoms. The molecule has 1 aliphatic heterocycles. The predicted molar refractivity (Wildman–Crippen MR) is 78.7 cm³/mol. The summed E-state index contributed by atoms with van der Waals surface area (Å²) in [7, 11) is 0. The van der Waals surface area contributed by atoms with E-state index in [0.717, 1.165) is 5.75 Å². The summed E-state index contributed by atoms with van der Waals surface area (Å²) in [4.78, 5) is 25.9. The molecule has 1 fully saturated rings. The van der Waals surface area contributed by atoms with Crippen LogP contribution in [0.3, 0.4) is 0 Å². The highest BCUT2D eigenvalue weighted by Crippen LogP contribution is 2.34. The third kappa shape index (κ3) is 2.71. The second-order valence-electron chi connectivity index (χ2n) is 5.65. The van der Waals surface area contributed by atoms with Crippen molar-refractivity contribution in [2.24, 2.45) is 11.8 Å². The molecule has 1 saturated heterocycles. The number of allylic oxidation sites excluding steroid dienone is 2. The summed E-state index contributed by atoms with van der Waals surface area (Å²) in [5.41, 5.74) is 1.17. The van der Waals surface area contributed by atoms with Crippen molar-refractivity contribution in [1.82, 2.24) is 4.90 Å². The molecule has 2 aliphatic rings. The zero-order valence-corrected chi connectivity index (χ0v) is 12.1. The van der Waals surface area contributed by atoms with Crippen molar-refractivity contribution in [3.05, 3.63) is 42.0 Å². The minimum Gasteiger partial charge on any atom is -0.492 e. The number of carbonyl (C=O) groups excluding carboxylic acids is 2. The SMILES string of the molecule is Cc1ccc(OCCN2C(=O)[C@H]3CC=CC[C@@H]3C2=O)cc1. The number of hydrogen-bond acceptors (Lipinski definition) is 3. The molecule has 21 heavy (non-hydrogen) atoms. The van der Waals surface area contributed by atoms with Crippen LogP contribution in [-0.4, -0.2) is 29.9 Å². The Labute approximate surface area is 124 Å². The summed E-state index contributed by atoms with van der Waals surface area (Å²) in [6, 6.07) is 7.74. The monoisotopic (exact) mass is 285 g/mol. The van der Waals surface area contributed by atoms with E-state index < -0.39 is 0 Å². The fourth-order valence-electron chi connectivity index (χ4n) is 2.98. The Bertz CT molecular complexity index is 550. The number of nitrogens with zero attached hydrogens (tertiary/aromatic N) is 1. The van der Waals surface area contributed by atoms with E-state index in [1.165, 1.54) is 10.5 Å². The molecule has 1 aromatic rings. The Morgan fingerprint density at radius 2 is 1.62 bits per heavy atom. The van der Waals surface area contributed by atoms with Crippen LogP contribution in [0.25, 0.3) is 0 Å². The molecule has 4 nitrogen and oxygen atoms in total. The molecule has 2 atom stereocenters. The van der Waals surface area contributed by atoms with Crippen molar-refractivity contribution < 1.29 is 14.3 Å². The minimum atomic E-state index is -0.151. The number of aryl methyl sites for hydroxylation is 1. The van der Waals surface area contributed by atoms with Crippen molar-refractivity contribution in [2.45, 2.75) is 19.8 Å². The highest BCUT2D eigenvalue weighted by atomic mass is 16.5. The molecule has 1 aromatic carbocycles. The van der Waals surface area contributed by atoms with Gasteiger partial charge in [-0.1, -0.05) is 29.8 Å². The van der Waals surface area contributed by atoms with Gasteiger partial charge < -0.3 is 4.74 Å². The fourth-order valence-corrected chi connectivity index (χ4v) is 2.98. The zero-order chi connectivity index (χ0) is 14.8. The standard InChI is InChI=1S/C17H19NO3/c1-12-6-8-13(9-7-12)21-11-10-18-16(19)14-4-2-3-5-15(14)17(18)20/h2-3,6-9,14-15H,4-5,10-11H2,1H3/t14-,15-/m0/s1. The lowest BCUT2D eigenvalue weighted by atomic mass is 9.85. The van der Waals surface area contributed by atoms with E-state index in [1.807, 2.05) is 43.3 Å². The van der Waals surface area contributed by atoms with E-state index in [1.54, 1.807) is 0 Å². The Morgan fingerprint density at radius 3 is 2.19 bits per heavy atom. The molecule has 0 aromatic heterocycles. The topological polar surface area (TPSA) is 46.6 Å². The van der Waals surface area contributed by atoms with Crippen LogP contribution >= 0.6 is 0 Å². The predicted octanol–water partition coefficient (Wildman–Crippen LogP) is 2.33. The van der Waals surface area contributed by atoms with Gasteiger partial charge in [-0.25, -0.2) is 0 Å². The maximum absolute atomic E-state index is 12.3. The van der Waals surface area contributed by atoms with Crippen LogP contribution in [0.2, 0.25) is 0 Å². The minimum absolute atomic E-state index is 0.0399. The Morgan fingerprint density at radius 1 is 1.05 bits per heavy atom. The van der Waals surface area contributed by atoms with Crippen molar-refractivity contribution in [2.75, 3.05) is 13.2 Å². The highest BCUT2D eigenvalue weighted by Gasteiger charge is 2.46. The van der Waals surface area contributed by atoms with Gasteiger partial charge in [-0.15, -0.1) is 0 Å². The number of amides is 2. The quantitative estimate of drug-likeness (QED) is 0.630. The average Bonchev–Trinajstić information content (AvgIpc) is 2.75. The molecule has 0 spiro atoms. The fraction of sp³-hybridized carbons (Fsp3) is 0.412. The van der Waals surface area contributed by atoms with Crippen LogP contribution in [-0.2, 0) is 9.59 Å². The number of carbonyl (C=O) groups is 2. The largest absolute Gasteiger partial charge is 0.492 e.